The van der Waals surface area contributed by atoms with E-state index >= 15 is 0 Å². The van der Waals surface area contributed by atoms with E-state index < -0.39 is 0 Å². The van der Waals surface area contributed by atoms with Crippen molar-refractivity contribution in [2.24, 2.45) is 0 Å². The summed E-state index contributed by atoms with van der Waals surface area (Å²) in [6, 6.07) is 5.68. The molecule has 0 spiro atoms. The van der Waals surface area contributed by atoms with Crippen molar-refractivity contribution in [2.45, 2.75) is 24.0 Å². The minimum absolute atomic E-state index is 0.157. The molecule has 0 radical (unpaired) electrons. The van der Waals surface area contributed by atoms with Crippen molar-refractivity contribution in [3.05, 3.63) is 33.6 Å². The number of amides is 1. The Labute approximate surface area is 167 Å². The van der Waals surface area contributed by atoms with Crippen molar-refractivity contribution in [1.29, 1.82) is 0 Å². The van der Waals surface area contributed by atoms with Crippen molar-refractivity contribution in [3.8, 4) is 11.3 Å². The Morgan fingerprint density at radius 3 is 2.96 bits per heavy atom. The Kier molecular flexibility index (Phi) is 5.12. The Bertz CT molecular complexity index is 955. The van der Waals surface area contributed by atoms with Gasteiger partial charge in [0.1, 0.15) is 0 Å². The molecule has 1 aliphatic carbocycles. The minimum Gasteiger partial charge on any atom is -0.301 e. The average molecular weight is 427 g/mol. The van der Waals surface area contributed by atoms with E-state index in [2.05, 4.69) is 25.8 Å². The highest BCUT2D eigenvalue weighted by molar-refractivity contribution is 7.99. The number of benzene rings is 1. The van der Waals surface area contributed by atoms with Crippen LogP contribution in [0.3, 0.4) is 0 Å². The number of nitrogens with one attached hydrogen (secondary N) is 1. The molecule has 1 aromatic carbocycles. The van der Waals surface area contributed by atoms with Gasteiger partial charge in [0.2, 0.25) is 11.1 Å². The van der Waals surface area contributed by atoms with Gasteiger partial charge in [-0.05, 0) is 35.4 Å². The van der Waals surface area contributed by atoms with Crippen LogP contribution in [0.25, 0.3) is 11.3 Å². The lowest BCUT2D eigenvalue weighted by Gasteiger charge is -2.03. The number of hydrogen-bond donors (Lipinski definition) is 1. The molecule has 11 heteroatoms. The number of thioether (sulfide) groups is 1. The van der Waals surface area contributed by atoms with Crippen LogP contribution in [0.5, 0.6) is 0 Å². The third-order valence-corrected chi connectivity index (χ3v) is 6.08. The van der Waals surface area contributed by atoms with Crippen LogP contribution in [-0.4, -0.2) is 36.9 Å². The molecule has 0 bridgehead atoms. The molecule has 1 saturated carbocycles. The van der Waals surface area contributed by atoms with Gasteiger partial charge in [0.15, 0.2) is 5.13 Å². The van der Waals surface area contributed by atoms with Gasteiger partial charge in [-0.15, -0.1) is 16.4 Å². The fourth-order valence-corrected chi connectivity index (χ4v) is 4.01. The van der Waals surface area contributed by atoms with Gasteiger partial charge < -0.3 is 5.32 Å². The first-order valence-corrected chi connectivity index (χ1v) is 10.3. The number of anilines is 1. The molecule has 134 valence electrons. The maximum atomic E-state index is 12.2. The Morgan fingerprint density at radius 1 is 1.35 bits per heavy atom. The highest BCUT2D eigenvalue weighted by atomic mass is 35.5. The zero-order chi connectivity index (χ0) is 18.1. The summed E-state index contributed by atoms with van der Waals surface area (Å²) in [6.45, 7) is 0. The van der Waals surface area contributed by atoms with Crippen LogP contribution in [0, 0.1) is 0 Å². The van der Waals surface area contributed by atoms with Crippen LogP contribution in [0.15, 0.2) is 28.7 Å². The quantitative estimate of drug-likeness (QED) is 0.595. The number of carbonyl (C=O) groups excluding carboxylic acids is 1. The number of aromatic nitrogens is 5. The summed E-state index contributed by atoms with van der Waals surface area (Å²) in [5.74, 6) is 0.0600. The first-order chi connectivity index (χ1) is 12.6. The Balaban J connectivity index is 1.36. The second kappa shape index (κ2) is 7.51. The van der Waals surface area contributed by atoms with Crippen LogP contribution in [-0.2, 0) is 4.79 Å². The normalized spacial score (nSPS) is 13.8. The molecule has 1 N–H and O–H groups in total. The van der Waals surface area contributed by atoms with E-state index in [0.29, 0.717) is 26.4 Å². The van der Waals surface area contributed by atoms with Crippen molar-refractivity contribution in [3.63, 3.8) is 0 Å². The summed E-state index contributed by atoms with van der Waals surface area (Å²) in [5, 5.41) is 18.4. The molecule has 4 rings (SSSR count). The van der Waals surface area contributed by atoms with Crippen LogP contribution in [0.4, 0.5) is 5.13 Å². The van der Waals surface area contributed by atoms with Crippen LogP contribution < -0.4 is 5.32 Å². The summed E-state index contributed by atoms with van der Waals surface area (Å²) in [7, 11) is 0. The van der Waals surface area contributed by atoms with Gasteiger partial charge >= 0.3 is 0 Å². The number of thiazole rings is 1. The molecular weight excluding hydrogens is 415 g/mol. The van der Waals surface area contributed by atoms with Crippen LogP contribution in [0.1, 0.15) is 18.9 Å². The van der Waals surface area contributed by atoms with E-state index in [4.69, 9.17) is 23.2 Å². The number of rotatable bonds is 6. The average Bonchev–Trinajstić information content (AvgIpc) is 3.17. The van der Waals surface area contributed by atoms with Crippen molar-refractivity contribution < 1.29 is 4.79 Å². The highest BCUT2D eigenvalue weighted by Crippen LogP contribution is 2.36. The van der Waals surface area contributed by atoms with Gasteiger partial charge in [-0.3, -0.25) is 4.79 Å². The molecule has 2 aromatic heterocycles. The smallest absolute Gasteiger partial charge is 0.236 e. The Hall–Kier alpha value is -1.68. The standard InChI is InChI=1S/C15H12Cl2N6OS2/c16-10-4-1-8(5-11(10)17)12-6-25-14(18-12)19-13(24)7-26-15-20-21-22-23(15)9-2-3-9/h1,4-6,9H,2-3,7H2,(H,18,19,24). The van der Waals surface area contributed by atoms with Gasteiger partial charge in [0.05, 0.1) is 27.5 Å². The van der Waals surface area contributed by atoms with E-state index in [9.17, 15) is 4.79 Å². The number of hydrogen-bond acceptors (Lipinski definition) is 7. The molecule has 1 fully saturated rings. The van der Waals surface area contributed by atoms with E-state index in [1.165, 1.54) is 23.1 Å². The largest absolute Gasteiger partial charge is 0.301 e. The van der Waals surface area contributed by atoms with Crippen LogP contribution >= 0.6 is 46.3 Å². The molecule has 0 atom stereocenters. The van der Waals surface area contributed by atoms with E-state index in [1.807, 2.05) is 11.4 Å². The lowest BCUT2D eigenvalue weighted by atomic mass is 10.2. The maximum Gasteiger partial charge on any atom is 0.236 e. The summed E-state index contributed by atoms with van der Waals surface area (Å²) in [6.07, 6.45) is 2.17. The van der Waals surface area contributed by atoms with Gasteiger partial charge in [-0.2, -0.15) is 0 Å². The summed E-state index contributed by atoms with van der Waals surface area (Å²) in [5.41, 5.74) is 1.57. The van der Waals surface area contributed by atoms with E-state index in [0.717, 1.165) is 24.1 Å². The first kappa shape index (κ1) is 17.7. The number of nitrogens with zero attached hydrogens (tertiary/aromatic N) is 5. The predicted molar refractivity (Wildman–Crippen MR) is 103 cm³/mol. The van der Waals surface area contributed by atoms with Gasteiger partial charge in [-0.25, -0.2) is 9.67 Å². The first-order valence-electron chi connectivity index (χ1n) is 7.71. The minimum atomic E-state index is -0.157. The summed E-state index contributed by atoms with van der Waals surface area (Å²) in [4.78, 5) is 16.6. The number of carbonyl (C=O) groups is 1. The zero-order valence-corrected chi connectivity index (χ0v) is 16.4. The topological polar surface area (TPSA) is 85.6 Å². The van der Waals surface area contributed by atoms with Crippen molar-refractivity contribution in [1.82, 2.24) is 25.2 Å². The second-order valence-corrected chi connectivity index (χ2v) is 8.26. The maximum absolute atomic E-state index is 12.2. The number of tetrazole rings is 1. The zero-order valence-electron chi connectivity index (χ0n) is 13.2. The molecule has 7 nitrogen and oxygen atoms in total. The molecule has 0 saturated heterocycles. The molecule has 1 amide bonds. The molecule has 3 aromatic rings. The highest BCUT2D eigenvalue weighted by Gasteiger charge is 2.28. The monoisotopic (exact) mass is 426 g/mol. The van der Waals surface area contributed by atoms with Crippen molar-refractivity contribution in [2.75, 3.05) is 11.1 Å². The Morgan fingerprint density at radius 2 is 2.19 bits per heavy atom. The predicted octanol–water partition coefficient (Wildman–Crippen LogP) is 4.17. The van der Waals surface area contributed by atoms with Gasteiger partial charge in [0, 0.05) is 10.9 Å². The lowest BCUT2D eigenvalue weighted by Crippen LogP contribution is -2.14. The number of halogens is 2. The third-order valence-electron chi connectivity index (χ3n) is 3.65. The molecular formula is C15H12Cl2N6OS2. The SMILES string of the molecule is O=C(CSc1nnnn1C1CC1)Nc1nc(-c2ccc(Cl)c(Cl)c2)cs1. The molecule has 2 heterocycles. The van der Waals surface area contributed by atoms with E-state index in [1.54, 1.807) is 16.8 Å². The summed E-state index contributed by atoms with van der Waals surface area (Å²) < 4.78 is 1.78. The van der Waals surface area contributed by atoms with Crippen molar-refractivity contribution >= 4 is 57.3 Å². The van der Waals surface area contributed by atoms with E-state index in [-0.39, 0.29) is 11.7 Å². The third kappa shape index (κ3) is 4.01. The molecule has 0 aliphatic heterocycles. The lowest BCUT2D eigenvalue weighted by molar-refractivity contribution is -0.113. The second-order valence-electron chi connectivity index (χ2n) is 5.64. The van der Waals surface area contributed by atoms with Gasteiger partial charge in [0.25, 0.3) is 0 Å². The fraction of sp³-hybridized carbons (Fsp3) is 0.267. The van der Waals surface area contributed by atoms with Gasteiger partial charge in [-0.1, -0.05) is 41.0 Å². The van der Waals surface area contributed by atoms with Crippen LogP contribution in [0.2, 0.25) is 10.0 Å². The summed E-state index contributed by atoms with van der Waals surface area (Å²) >= 11 is 14.6. The molecule has 26 heavy (non-hydrogen) atoms. The fourth-order valence-electron chi connectivity index (χ4n) is 2.23. The molecule has 0 unspecified atom stereocenters. The molecule has 1 aliphatic rings.